The van der Waals surface area contributed by atoms with E-state index in [1.165, 1.54) is 10.6 Å². The molecule has 20 heavy (non-hydrogen) atoms. The molecule has 5 heteroatoms. The molecule has 0 saturated heterocycles. The zero-order valence-corrected chi connectivity index (χ0v) is 11.8. The average Bonchev–Trinajstić information content (AvgIpc) is 2.47. The molecule has 1 aromatic rings. The van der Waals surface area contributed by atoms with E-state index < -0.39 is 0 Å². The van der Waals surface area contributed by atoms with Crippen molar-refractivity contribution in [2.75, 3.05) is 13.2 Å². The zero-order valence-electron chi connectivity index (χ0n) is 11.8. The van der Waals surface area contributed by atoms with Gasteiger partial charge < -0.3 is 15.0 Å². The summed E-state index contributed by atoms with van der Waals surface area (Å²) in [5.41, 5.74) is 0.202. The Balaban J connectivity index is 1.94. The maximum atomic E-state index is 12.0. The minimum atomic E-state index is -0.218. The monoisotopic (exact) mass is 278 g/mol. The Hall–Kier alpha value is -1.62. The lowest BCUT2D eigenvalue weighted by Crippen LogP contribution is -2.36. The van der Waals surface area contributed by atoms with Crippen LogP contribution in [0.2, 0.25) is 0 Å². The number of carbonyl (C=O) groups is 1. The topological polar surface area (TPSA) is 71.3 Å². The van der Waals surface area contributed by atoms with Gasteiger partial charge in [0, 0.05) is 38.0 Å². The number of nitrogens with one attached hydrogen (secondary N) is 1. The largest absolute Gasteiger partial charge is 0.396 e. The van der Waals surface area contributed by atoms with Gasteiger partial charge in [-0.15, -0.1) is 0 Å². The highest BCUT2D eigenvalue weighted by Crippen LogP contribution is 2.29. The Bertz CT molecular complexity index is 524. The zero-order chi connectivity index (χ0) is 14.5. The fourth-order valence-electron chi connectivity index (χ4n) is 2.81. The van der Waals surface area contributed by atoms with E-state index in [9.17, 15) is 14.7 Å². The molecule has 2 atom stereocenters. The van der Waals surface area contributed by atoms with E-state index in [-0.39, 0.29) is 24.0 Å². The molecule has 1 aliphatic rings. The first-order valence-electron chi connectivity index (χ1n) is 7.17. The van der Waals surface area contributed by atoms with Crippen LogP contribution in [-0.4, -0.2) is 28.7 Å². The van der Waals surface area contributed by atoms with Crippen molar-refractivity contribution in [2.24, 2.45) is 18.9 Å². The van der Waals surface area contributed by atoms with E-state index >= 15 is 0 Å². The normalized spacial score (nSPS) is 22.5. The highest BCUT2D eigenvalue weighted by atomic mass is 16.3. The molecule has 2 rings (SSSR count). The standard InChI is InChI=1S/C15H22N2O3/c1-17-7-6-11(8-14(17)19)15(20)16-9-12-4-2-3-5-13(12)10-18/h6-8,12-13,18H,2-5,9-10H2,1H3,(H,16,20). The van der Waals surface area contributed by atoms with Gasteiger partial charge in [0.25, 0.3) is 11.5 Å². The molecular weight excluding hydrogens is 256 g/mol. The van der Waals surface area contributed by atoms with Crippen LogP contribution < -0.4 is 10.9 Å². The molecule has 1 aliphatic carbocycles. The number of rotatable bonds is 4. The first-order chi connectivity index (χ1) is 9.61. The maximum absolute atomic E-state index is 12.0. The number of amides is 1. The Morgan fingerprint density at radius 3 is 2.75 bits per heavy atom. The summed E-state index contributed by atoms with van der Waals surface area (Å²) in [5, 5.41) is 12.2. The molecule has 0 aliphatic heterocycles. The summed E-state index contributed by atoms with van der Waals surface area (Å²) in [5.74, 6) is 0.405. The minimum absolute atomic E-state index is 0.187. The summed E-state index contributed by atoms with van der Waals surface area (Å²) < 4.78 is 1.43. The van der Waals surface area contributed by atoms with Gasteiger partial charge in [0.05, 0.1) is 0 Å². The molecule has 2 N–H and O–H groups in total. The molecule has 1 saturated carbocycles. The van der Waals surface area contributed by atoms with Gasteiger partial charge in [-0.25, -0.2) is 0 Å². The van der Waals surface area contributed by atoms with Crippen LogP contribution in [0.15, 0.2) is 23.1 Å². The van der Waals surface area contributed by atoms with Crippen LogP contribution in [-0.2, 0) is 7.05 Å². The molecule has 1 aromatic heterocycles. The van der Waals surface area contributed by atoms with Gasteiger partial charge in [0.1, 0.15) is 0 Å². The van der Waals surface area contributed by atoms with Crippen molar-refractivity contribution in [3.63, 3.8) is 0 Å². The maximum Gasteiger partial charge on any atom is 0.251 e. The summed E-state index contributed by atoms with van der Waals surface area (Å²) in [6, 6.07) is 2.99. The molecule has 0 radical (unpaired) electrons. The molecule has 0 bridgehead atoms. The van der Waals surface area contributed by atoms with Gasteiger partial charge in [-0.2, -0.15) is 0 Å². The summed E-state index contributed by atoms with van der Waals surface area (Å²) in [4.78, 5) is 23.5. The van der Waals surface area contributed by atoms with E-state index in [1.807, 2.05) is 0 Å². The Morgan fingerprint density at radius 1 is 1.40 bits per heavy atom. The molecule has 0 aromatic carbocycles. The van der Waals surface area contributed by atoms with Crippen LogP contribution in [0.25, 0.3) is 0 Å². The molecule has 1 heterocycles. The van der Waals surface area contributed by atoms with Crippen molar-refractivity contribution in [3.05, 3.63) is 34.2 Å². The lowest BCUT2D eigenvalue weighted by Gasteiger charge is -2.30. The Labute approximate surface area is 118 Å². The number of aliphatic hydroxyl groups excluding tert-OH is 1. The van der Waals surface area contributed by atoms with Crippen LogP contribution >= 0.6 is 0 Å². The first kappa shape index (κ1) is 14.8. The van der Waals surface area contributed by atoms with Gasteiger partial charge in [0.2, 0.25) is 0 Å². The lowest BCUT2D eigenvalue weighted by molar-refractivity contribution is 0.0909. The van der Waals surface area contributed by atoms with Crippen molar-refractivity contribution >= 4 is 5.91 Å². The van der Waals surface area contributed by atoms with Crippen LogP contribution in [0, 0.1) is 11.8 Å². The Kier molecular flexibility index (Phi) is 4.95. The van der Waals surface area contributed by atoms with Gasteiger partial charge in [0.15, 0.2) is 0 Å². The minimum Gasteiger partial charge on any atom is -0.396 e. The SMILES string of the molecule is Cn1ccc(C(=O)NCC2CCCCC2CO)cc1=O. The second kappa shape index (κ2) is 6.70. The third-order valence-electron chi connectivity index (χ3n) is 4.19. The third-order valence-corrected chi connectivity index (χ3v) is 4.19. The smallest absolute Gasteiger partial charge is 0.251 e. The van der Waals surface area contributed by atoms with E-state index in [4.69, 9.17) is 0 Å². The van der Waals surface area contributed by atoms with Gasteiger partial charge in [-0.1, -0.05) is 12.8 Å². The number of aliphatic hydroxyl groups is 1. The Morgan fingerprint density at radius 2 is 2.10 bits per heavy atom. The van der Waals surface area contributed by atoms with Gasteiger partial charge >= 0.3 is 0 Å². The van der Waals surface area contributed by atoms with Crippen molar-refractivity contribution in [3.8, 4) is 0 Å². The highest BCUT2D eigenvalue weighted by Gasteiger charge is 2.24. The van der Waals surface area contributed by atoms with Gasteiger partial charge in [-0.3, -0.25) is 9.59 Å². The van der Waals surface area contributed by atoms with Crippen molar-refractivity contribution < 1.29 is 9.90 Å². The number of hydrogen-bond donors (Lipinski definition) is 2. The molecule has 1 amide bonds. The molecule has 110 valence electrons. The fraction of sp³-hybridized carbons (Fsp3) is 0.600. The molecule has 1 fully saturated rings. The van der Waals surface area contributed by atoms with E-state index in [0.717, 1.165) is 25.7 Å². The second-order valence-electron chi connectivity index (χ2n) is 5.56. The van der Waals surface area contributed by atoms with Crippen LogP contribution in [0.5, 0.6) is 0 Å². The molecule has 5 nitrogen and oxygen atoms in total. The summed E-state index contributed by atoms with van der Waals surface area (Å²) in [6.07, 6.45) is 5.98. The number of aryl methyl sites for hydroxylation is 1. The van der Waals surface area contributed by atoms with Crippen LogP contribution in [0.3, 0.4) is 0 Å². The lowest BCUT2D eigenvalue weighted by atomic mass is 9.79. The van der Waals surface area contributed by atoms with Crippen molar-refractivity contribution in [1.29, 1.82) is 0 Å². The molecule has 2 unspecified atom stereocenters. The van der Waals surface area contributed by atoms with E-state index in [1.54, 1.807) is 19.3 Å². The van der Waals surface area contributed by atoms with Crippen molar-refractivity contribution in [1.82, 2.24) is 9.88 Å². The summed E-state index contributed by atoms with van der Waals surface area (Å²) in [6.45, 7) is 0.756. The average molecular weight is 278 g/mol. The predicted molar refractivity (Wildman–Crippen MR) is 76.6 cm³/mol. The number of aromatic nitrogens is 1. The molecular formula is C15H22N2O3. The third kappa shape index (κ3) is 3.48. The summed E-state index contributed by atoms with van der Waals surface area (Å²) >= 11 is 0. The number of hydrogen-bond acceptors (Lipinski definition) is 3. The highest BCUT2D eigenvalue weighted by molar-refractivity contribution is 5.93. The quantitative estimate of drug-likeness (QED) is 0.860. The van der Waals surface area contributed by atoms with E-state index in [2.05, 4.69) is 5.32 Å². The summed E-state index contributed by atoms with van der Waals surface area (Å²) in [7, 11) is 1.65. The van der Waals surface area contributed by atoms with Crippen molar-refractivity contribution in [2.45, 2.75) is 25.7 Å². The number of pyridine rings is 1. The van der Waals surface area contributed by atoms with Gasteiger partial charge in [-0.05, 0) is 30.7 Å². The van der Waals surface area contributed by atoms with Crippen LogP contribution in [0.4, 0.5) is 0 Å². The van der Waals surface area contributed by atoms with E-state index in [0.29, 0.717) is 18.0 Å². The first-order valence-corrected chi connectivity index (χ1v) is 7.17. The molecule has 0 spiro atoms. The number of nitrogens with zero attached hydrogens (tertiary/aromatic N) is 1. The van der Waals surface area contributed by atoms with Crippen LogP contribution in [0.1, 0.15) is 36.0 Å². The fourth-order valence-corrected chi connectivity index (χ4v) is 2.81. The second-order valence-corrected chi connectivity index (χ2v) is 5.56. The number of carbonyl (C=O) groups excluding carboxylic acids is 1. The predicted octanol–water partition coefficient (Wildman–Crippen LogP) is 0.914.